The molecule has 0 saturated carbocycles. The number of ether oxygens (including phenoxy) is 1. The van der Waals surface area contributed by atoms with E-state index in [0.29, 0.717) is 6.54 Å². The van der Waals surface area contributed by atoms with E-state index in [9.17, 15) is 4.79 Å². The van der Waals surface area contributed by atoms with E-state index < -0.39 is 0 Å². The molecule has 0 radical (unpaired) electrons. The minimum Gasteiger partial charge on any atom is -0.487 e. The Hall–Kier alpha value is -1.07. The van der Waals surface area contributed by atoms with Crippen LogP contribution in [0.2, 0.25) is 0 Å². The fourth-order valence-corrected chi connectivity index (χ4v) is 1.69. The summed E-state index contributed by atoms with van der Waals surface area (Å²) in [5.74, 6) is -0.339. The zero-order valence-electron chi connectivity index (χ0n) is 8.24. The van der Waals surface area contributed by atoms with Crippen LogP contribution in [0.15, 0.2) is 12.1 Å². The molecule has 0 saturated heterocycles. The van der Waals surface area contributed by atoms with Crippen molar-refractivity contribution in [2.75, 3.05) is 7.11 Å². The summed E-state index contributed by atoms with van der Waals surface area (Å²) in [6.45, 7) is 2.38. The van der Waals surface area contributed by atoms with Crippen LogP contribution >= 0.6 is 11.3 Å². The molecule has 1 heterocycles. The first-order valence-electron chi connectivity index (χ1n) is 4.29. The summed E-state index contributed by atoms with van der Waals surface area (Å²) in [5.41, 5.74) is 5.11. The van der Waals surface area contributed by atoms with Crippen LogP contribution < -0.4 is 15.8 Å². The van der Waals surface area contributed by atoms with Gasteiger partial charge in [-0.2, -0.15) is 0 Å². The molecule has 78 valence electrons. The molecule has 1 aromatic heterocycles. The number of carbonyl (C=O) groups excluding carboxylic acids is 1. The van der Waals surface area contributed by atoms with Gasteiger partial charge in [-0.15, -0.1) is 11.3 Å². The van der Waals surface area contributed by atoms with Crippen molar-refractivity contribution in [2.45, 2.75) is 19.5 Å². The van der Waals surface area contributed by atoms with E-state index in [4.69, 9.17) is 10.5 Å². The van der Waals surface area contributed by atoms with E-state index in [1.807, 2.05) is 12.1 Å². The second-order valence-electron chi connectivity index (χ2n) is 2.93. The van der Waals surface area contributed by atoms with Crippen LogP contribution in [0.1, 0.15) is 11.8 Å². The first-order chi connectivity index (χ1) is 6.63. The third-order valence-corrected chi connectivity index (χ3v) is 2.89. The van der Waals surface area contributed by atoms with Crippen molar-refractivity contribution in [3.05, 3.63) is 17.0 Å². The summed E-state index contributed by atoms with van der Waals surface area (Å²) in [6.07, 6.45) is 0. The molecule has 1 aromatic rings. The number of primary amides is 1. The van der Waals surface area contributed by atoms with E-state index in [2.05, 4.69) is 5.32 Å². The standard InChI is InChI=1S/C9H14N2O2S/c1-6(9(10)12)11-5-7-3-4-8(13-2)14-7/h3-4,6,11H,5H2,1-2H3,(H2,10,12). The van der Waals surface area contributed by atoms with Crippen LogP contribution in [0.4, 0.5) is 0 Å². The number of rotatable bonds is 5. The van der Waals surface area contributed by atoms with E-state index in [1.165, 1.54) is 0 Å². The van der Waals surface area contributed by atoms with Crippen LogP contribution in [0, 0.1) is 0 Å². The molecule has 1 rings (SSSR count). The number of amides is 1. The zero-order chi connectivity index (χ0) is 10.6. The normalized spacial score (nSPS) is 12.4. The molecule has 0 aliphatic heterocycles. The van der Waals surface area contributed by atoms with Gasteiger partial charge in [0, 0.05) is 11.4 Å². The monoisotopic (exact) mass is 214 g/mol. The molecular formula is C9H14N2O2S. The zero-order valence-corrected chi connectivity index (χ0v) is 9.06. The second-order valence-corrected chi connectivity index (χ2v) is 4.06. The van der Waals surface area contributed by atoms with Gasteiger partial charge in [0.15, 0.2) is 5.06 Å². The predicted octanol–water partition coefficient (Wildman–Crippen LogP) is 0.720. The van der Waals surface area contributed by atoms with E-state index in [1.54, 1.807) is 25.4 Å². The number of nitrogens with two attached hydrogens (primary N) is 1. The molecule has 4 nitrogen and oxygen atoms in total. The molecule has 3 N–H and O–H groups in total. The van der Waals surface area contributed by atoms with Crippen LogP contribution in [0.5, 0.6) is 5.06 Å². The number of hydrogen-bond donors (Lipinski definition) is 2. The molecule has 1 atom stereocenters. The summed E-state index contributed by atoms with van der Waals surface area (Å²) in [7, 11) is 1.63. The predicted molar refractivity (Wildman–Crippen MR) is 56.4 cm³/mol. The minimum absolute atomic E-state index is 0.303. The lowest BCUT2D eigenvalue weighted by molar-refractivity contribution is -0.119. The van der Waals surface area contributed by atoms with Gasteiger partial charge in [-0.3, -0.25) is 4.79 Å². The van der Waals surface area contributed by atoms with E-state index in [-0.39, 0.29) is 11.9 Å². The highest BCUT2D eigenvalue weighted by Gasteiger charge is 2.07. The van der Waals surface area contributed by atoms with Gasteiger partial charge < -0.3 is 15.8 Å². The summed E-state index contributed by atoms with van der Waals surface area (Å²) in [5, 5.41) is 3.89. The Morgan fingerprint density at radius 1 is 1.71 bits per heavy atom. The van der Waals surface area contributed by atoms with Crippen molar-refractivity contribution < 1.29 is 9.53 Å². The molecule has 0 bridgehead atoms. The molecule has 0 aliphatic carbocycles. The maximum Gasteiger partial charge on any atom is 0.234 e. The molecule has 0 spiro atoms. The fourth-order valence-electron chi connectivity index (χ4n) is 0.917. The number of nitrogens with one attached hydrogen (secondary N) is 1. The van der Waals surface area contributed by atoms with Gasteiger partial charge in [0.25, 0.3) is 0 Å². The second kappa shape index (κ2) is 4.97. The van der Waals surface area contributed by atoms with Crippen molar-refractivity contribution in [1.29, 1.82) is 0 Å². The third-order valence-electron chi connectivity index (χ3n) is 1.85. The van der Waals surface area contributed by atoms with Crippen LogP contribution in [-0.2, 0) is 11.3 Å². The first-order valence-corrected chi connectivity index (χ1v) is 5.10. The number of carbonyl (C=O) groups is 1. The van der Waals surface area contributed by atoms with Gasteiger partial charge in [0.2, 0.25) is 5.91 Å². The largest absolute Gasteiger partial charge is 0.487 e. The van der Waals surface area contributed by atoms with Gasteiger partial charge >= 0.3 is 0 Å². The molecular weight excluding hydrogens is 200 g/mol. The Balaban J connectivity index is 2.41. The van der Waals surface area contributed by atoms with Gasteiger partial charge in [-0.05, 0) is 19.1 Å². The van der Waals surface area contributed by atoms with Crippen molar-refractivity contribution in [3.63, 3.8) is 0 Å². The number of hydrogen-bond acceptors (Lipinski definition) is 4. The van der Waals surface area contributed by atoms with Gasteiger partial charge in [-0.25, -0.2) is 0 Å². The average Bonchev–Trinajstić information content (AvgIpc) is 2.61. The fraction of sp³-hybridized carbons (Fsp3) is 0.444. The summed E-state index contributed by atoms with van der Waals surface area (Å²) < 4.78 is 5.05. The van der Waals surface area contributed by atoms with Gasteiger partial charge in [0.1, 0.15) is 0 Å². The number of thiophene rings is 1. The highest BCUT2D eigenvalue weighted by molar-refractivity contribution is 7.13. The summed E-state index contributed by atoms with van der Waals surface area (Å²) >= 11 is 1.55. The highest BCUT2D eigenvalue weighted by atomic mass is 32.1. The van der Waals surface area contributed by atoms with Crippen LogP contribution in [0.25, 0.3) is 0 Å². The third kappa shape index (κ3) is 3.01. The lowest BCUT2D eigenvalue weighted by Gasteiger charge is -2.07. The topological polar surface area (TPSA) is 64.3 Å². The quantitative estimate of drug-likeness (QED) is 0.759. The Kier molecular flexibility index (Phi) is 3.91. The van der Waals surface area contributed by atoms with Crippen LogP contribution in [0.3, 0.4) is 0 Å². The Labute approximate surface area is 87.1 Å². The molecule has 1 unspecified atom stereocenters. The lowest BCUT2D eigenvalue weighted by atomic mass is 10.3. The van der Waals surface area contributed by atoms with Crippen molar-refractivity contribution in [3.8, 4) is 5.06 Å². The molecule has 14 heavy (non-hydrogen) atoms. The van der Waals surface area contributed by atoms with Crippen molar-refractivity contribution in [1.82, 2.24) is 5.32 Å². The Bertz CT molecular complexity index is 312. The van der Waals surface area contributed by atoms with Gasteiger partial charge in [0.05, 0.1) is 13.2 Å². The van der Waals surface area contributed by atoms with Gasteiger partial charge in [-0.1, -0.05) is 0 Å². The van der Waals surface area contributed by atoms with Crippen molar-refractivity contribution >= 4 is 17.2 Å². The highest BCUT2D eigenvalue weighted by Crippen LogP contribution is 2.23. The smallest absolute Gasteiger partial charge is 0.234 e. The molecule has 0 aromatic carbocycles. The van der Waals surface area contributed by atoms with E-state index >= 15 is 0 Å². The molecule has 1 amide bonds. The van der Waals surface area contributed by atoms with Crippen molar-refractivity contribution in [2.24, 2.45) is 5.73 Å². The first kappa shape index (κ1) is 11.0. The molecule has 5 heteroatoms. The van der Waals surface area contributed by atoms with Crippen LogP contribution in [-0.4, -0.2) is 19.1 Å². The maximum atomic E-state index is 10.7. The summed E-state index contributed by atoms with van der Waals surface area (Å²) in [4.78, 5) is 11.8. The Morgan fingerprint density at radius 2 is 2.43 bits per heavy atom. The Morgan fingerprint density at radius 3 is 2.93 bits per heavy atom. The molecule has 0 aliphatic rings. The van der Waals surface area contributed by atoms with E-state index in [0.717, 1.165) is 9.94 Å². The summed E-state index contributed by atoms with van der Waals surface area (Å²) in [6, 6.07) is 3.56. The maximum absolute atomic E-state index is 10.7. The minimum atomic E-state index is -0.339. The SMILES string of the molecule is COc1ccc(CNC(C)C(N)=O)s1. The molecule has 0 fully saturated rings. The number of methoxy groups -OCH3 is 1. The average molecular weight is 214 g/mol. The lowest BCUT2D eigenvalue weighted by Crippen LogP contribution is -2.38.